The van der Waals surface area contributed by atoms with Crippen LogP contribution in [0.5, 0.6) is 0 Å². The van der Waals surface area contributed by atoms with Gasteiger partial charge in [0.25, 0.3) is 0 Å². The molecule has 0 radical (unpaired) electrons. The summed E-state index contributed by atoms with van der Waals surface area (Å²) in [5, 5.41) is 15.4. The third kappa shape index (κ3) is 3.35. The number of nitrogens with one attached hydrogen (secondary N) is 1. The van der Waals surface area contributed by atoms with Gasteiger partial charge in [0, 0.05) is 6.54 Å². The Balaban J connectivity index is 1.71. The molecule has 1 aromatic carbocycles. The zero-order valence-corrected chi connectivity index (χ0v) is 13.1. The summed E-state index contributed by atoms with van der Waals surface area (Å²) in [6.45, 7) is 0.220. The topological polar surface area (TPSA) is 105 Å². The number of carboxylic acid groups (broad SMARTS) is 1. The van der Waals surface area contributed by atoms with E-state index in [0.29, 0.717) is 12.8 Å². The van der Waals surface area contributed by atoms with Crippen LogP contribution in [0.15, 0.2) is 36.7 Å². The van der Waals surface area contributed by atoms with Crippen LogP contribution in [0, 0.1) is 5.82 Å². The van der Waals surface area contributed by atoms with Crippen molar-refractivity contribution in [2.75, 3.05) is 11.9 Å². The van der Waals surface area contributed by atoms with Gasteiger partial charge in [0.15, 0.2) is 0 Å². The molecule has 0 bridgehead atoms. The summed E-state index contributed by atoms with van der Waals surface area (Å²) >= 11 is 0. The maximum Gasteiger partial charge on any atom is 0.326 e. The number of hydrogen-bond acceptors (Lipinski definition) is 4. The van der Waals surface area contributed by atoms with Gasteiger partial charge in [-0.3, -0.25) is 9.59 Å². The molecule has 1 fully saturated rings. The zero-order valence-electron chi connectivity index (χ0n) is 13.1. The average molecular weight is 346 g/mol. The number of carboxylic acids is 1. The molecule has 1 aliphatic rings. The molecule has 1 saturated heterocycles. The Hall–Kier alpha value is -3.23. The lowest BCUT2D eigenvalue weighted by Gasteiger charge is -2.20. The molecule has 9 heteroatoms. The van der Waals surface area contributed by atoms with Crippen LogP contribution in [0.1, 0.15) is 12.8 Å². The summed E-state index contributed by atoms with van der Waals surface area (Å²) < 4.78 is 15.0. The number of aliphatic carboxylic acids is 1. The van der Waals surface area contributed by atoms with Crippen LogP contribution < -0.4 is 5.32 Å². The van der Waals surface area contributed by atoms with E-state index in [2.05, 4.69) is 10.4 Å². The largest absolute Gasteiger partial charge is 0.480 e. The summed E-state index contributed by atoms with van der Waals surface area (Å²) in [7, 11) is 0. The summed E-state index contributed by atoms with van der Waals surface area (Å²) in [6, 6.07) is 4.98. The fourth-order valence-electron chi connectivity index (χ4n) is 2.74. The van der Waals surface area contributed by atoms with Crippen LogP contribution in [0.3, 0.4) is 0 Å². The van der Waals surface area contributed by atoms with Crippen LogP contribution >= 0.6 is 0 Å². The minimum Gasteiger partial charge on any atom is -0.480 e. The molecule has 2 N–H and O–H groups in total. The first kappa shape index (κ1) is 16.6. The number of anilines is 1. The summed E-state index contributed by atoms with van der Waals surface area (Å²) in [4.78, 5) is 36.4. The molecule has 1 unspecified atom stereocenters. The molecular formula is C16H15FN4O4. The van der Waals surface area contributed by atoms with Crippen LogP contribution in [-0.4, -0.2) is 50.2 Å². The first-order valence-electron chi connectivity index (χ1n) is 7.61. The minimum absolute atomic E-state index is 0.194. The van der Waals surface area contributed by atoms with Crippen molar-refractivity contribution in [3.05, 3.63) is 42.5 Å². The van der Waals surface area contributed by atoms with Gasteiger partial charge < -0.3 is 15.3 Å². The molecule has 0 spiro atoms. The first-order valence-corrected chi connectivity index (χ1v) is 7.61. The zero-order chi connectivity index (χ0) is 18.0. The van der Waals surface area contributed by atoms with Gasteiger partial charge in [-0.05, 0) is 25.0 Å². The van der Waals surface area contributed by atoms with Crippen molar-refractivity contribution in [2.24, 2.45) is 0 Å². The van der Waals surface area contributed by atoms with Crippen molar-refractivity contribution in [1.82, 2.24) is 14.7 Å². The van der Waals surface area contributed by atoms with Gasteiger partial charge in [-0.25, -0.2) is 13.9 Å². The quantitative estimate of drug-likeness (QED) is 0.808. The molecule has 2 heterocycles. The predicted octanol–water partition coefficient (Wildman–Crippen LogP) is 1.03. The molecule has 1 aliphatic heterocycles. The second-order valence-corrected chi connectivity index (χ2v) is 5.57. The SMILES string of the molecule is O=C(Nc1cnn(-c2ccccc2F)c1)C(=O)N1CCCC1C(=O)O. The van der Waals surface area contributed by atoms with E-state index < -0.39 is 29.6 Å². The van der Waals surface area contributed by atoms with Crippen molar-refractivity contribution >= 4 is 23.5 Å². The van der Waals surface area contributed by atoms with Gasteiger partial charge in [0.05, 0.1) is 18.1 Å². The lowest BCUT2D eigenvalue weighted by atomic mass is 10.2. The highest BCUT2D eigenvalue weighted by atomic mass is 19.1. The monoisotopic (exact) mass is 346 g/mol. The molecule has 2 amide bonds. The highest BCUT2D eigenvalue weighted by molar-refractivity contribution is 6.39. The van der Waals surface area contributed by atoms with E-state index in [1.807, 2.05) is 0 Å². The molecular weight excluding hydrogens is 331 g/mol. The number of carbonyl (C=O) groups is 3. The Labute approximate surface area is 141 Å². The van der Waals surface area contributed by atoms with Gasteiger partial charge in [-0.2, -0.15) is 5.10 Å². The molecule has 1 aromatic heterocycles. The molecule has 130 valence electrons. The lowest BCUT2D eigenvalue weighted by molar-refractivity contribution is -0.151. The van der Waals surface area contributed by atoms with E-state index in [-0.39, 0.29) is 17.9 Å². The third-order valence-corrected chi connectivity index (χ3v) is 3.93. The standard InChI is InChI=1S/C16H15FN4O4/c17-11-4-1-2-5-12(11)21-9-10(8-18-21)19-14(22)15(23)20-7-3-6-13(20)16(24)25/h1-2,4-5,8-9,13H,3,6-7H2,(H,19,22)(H,24,25). The number of para-hydroxylation sites is 1. The number of rotatable bonds is 3. The molecule has 1 atom stereocenters. The molecule has 0 saturated carbocycles. The van der Waals surface area contributed by atoms with Gasteiger partial charge in [-0.1, -0.05) is 12.1 Å². The molecule has 2 aromatic rings. The van der Waals surface area contributed by atoms with Crippen molar-refractivity contribution in [1.29, 1.82) is 0 Å². The molecule has 25 heavy (non-hydrogen) atoms. The normalized spacial score (nSPS) is 16.7. The highest BCUT2D eigenvalue weighted by Gasteiger charge is 2.36. The second kappa shape index (κ2) is 6.71. The number of amides is 2. The Bertz CT molecular complexity index is 835. The fourth-order valence-corrected chi connectivity index (χ4v) is 2.74. The maximum absolute atomic E-state index is 13.7. The van der Waals surface area contributed by atoms with Crippen molar-refractivity contribution in [2.45, 2.75) is 18.9 Å². The number of nitrogens with zero attached hydrogens (tertiary/aromatic N) is 3. The molecule has 3 rings (SSSR count). The van der Waals surface area contributed by atoms with Crippen molar-refractivity contribution in [3.63, 3.8) is 0 Å². The number of carbonyl (C=O) groups excluding carboxylic acids is 2. The Morgan fingerprint density at radius 1 is 1.28 bits per heavy atom. The van der Waals surface area contributed by atoms with Crippen molar-refractivity contribution in [3.8, 4) is 5.69 Å². The number of aromatic nitrogens is 2. The van der Waals surface area contributed by atoms with Gasteiger partial charge in [0.2, 0.25) is 0 Å². The van der Waals surface area contributed by atoms with Gasteiger partial charge >= 0.3 is 17.8 Å². The summed E-state index contributed by atoms with van der Waals surface area (Å²) in [5.74, 6) is -3.49. The van der Waals surface area contributed by atoms with E-state index in [1.54, 1.807) is 12.1 Å². The van der Waals surface area contributed by atoms with E-state index in [9.17, 15) is 18.8 Å². The smallest absolute Gasteiger partial charge is 0.326 e. The maximum atomic E-state index is 13.7. The number of halogens is 1. The van der Waals surface area contributed by atoms with Crippen LogP contribution in [0.25, 0.3) is 5.69 Å². The fraction of sp³-hybridized carbons (Fsp3) is 0.250. The average Bonchev–Trinajstić information content (AvgIpc) is 3.23. The molecule has 0 aliphatic carbocycles. The predicted molar refractivity (Wildman–Crippen MR) is 84.5 cm³/mol. The summed E-state index contributed by atoms with van der Waals surface area (Å²) in [6.07, 6.45) is 3.49. The van der Waals surface area contributed by atoms with Crippen LogP contribution in [0.2, 0.25) is 0 Å². The lowest BCUT2D eigenvalue weighted by Crippen LogP contribution is -2.45. The van der Waals surface area contributed by atoms with E-state index >= 15 is 0 Å². The Morgan fingerprint density at radius 3 is 2.76 bits per heavy atom. The van der Waals surface area contributed by atoms with Crippen molar-refractivity contribution < 1.29 is 23.9 Å². The molecule has 8 nitrogen and oxygen atoms in total. The van der Waals surface area contributed by atoms with Gasteiger partial charge in [0.1, 0.15) is 17.5 Å². The van der Waals surface area contributed by atoms with Gasteiger partial charge in [-0.15, -0.1) is 0 Å². The number of hydrogen-bond donors (Lipinski definition) is 2. The number of likely N-dealkylation sites (tertiary alicyclic amines) is 1. The van der Waals surface area contributed by atoms with E-state index in [4.69, 9.17) is 5.11 Å². The first-order chi connectivity index (χ1) is 12.0. The van der Waals surface area contributed by atoms with Crippen LogP contribution in [0.4, 0.5) is 10.1 Å². The van der Waals surface area contributed by atoms with E-state index in [0.717, 1.165) is 4.90 Å². The number of benzene rings is 1. The van der Waals surface area contributed by atoms with Crippen LogP contribution in [-0.2, 0) is 14.4 Å². The Kier molecular flexibility index (Phi) is 4.46. The minimum atomic E-state index is -1.13. The summed E-state index contributed by atoms with van der Waals surface area (Å²) in [5.41, 5.74) is 0.396. The van der Waals surface area contributed by atoms with E-state index in [1.165, 1.54) is 29.2 Å². The Morgan fingerprint density at radius 2 is 2.04 bits per heavy atom. The second-order valence-electron chi connectivity index (χ2n) is 5.57. The third-order valence-electron chi connectivity index (χ3n) is 3.93. The highest BCUT2D eigenvalue weighted by Crippen LogP contribution is 2.19.